The Morgan fingerprint density at radius 2 is 1.95 bits per heavy atom. The minimum atomic E-state index is -0.360. The summed E-state index contributed by atoms with van der Waals surface area (Å²) < 4.78 is 11.5. The summed E-state index contributed by atoms with van der Waals surface area (Å²) in [4.78, 5) is 11.4. The van der Waals surface area contributed by atoms with Gasteiger partial charge in [-0.15, -0.1) is 0 Å². The summed E-state index contributed by atoms with van der Waals surface area (Å²) in [5.41, 5.74) is 2.10. The van der Waals surface area contributed by atoms with Gasteiger partial charge in [0.15, 0.2) is 6.10 Å². The van der Waals surface area contributed by atoms with E-state index in [1.165, 1.54) is 6.92 Å². The van der Waals surface area contributed by atoms with Crippen molar-refractivity contribution < 1.29 is 18.9 Å². The van der Waals surface area contributed by atoms with E-state index in [9.17, 15) is 4.79 Å². The molecule has 5 nitrogen and oxygen atoms in total. The van der Waals surface area contributed by atoms with Gasteiger partial charge in [0.25, 0.3) is 0 Å². The number of carbonyl (C=O) groups is 1. The Hall–Kier alpha value is -2.14. The molecule has 0 spiro atoms. The zero-order chi connectivity index (χ0) is 16.2. The maximum absolute atomic E-state index is 11.4. The lowest BCUT2D eigenvalue weighted by Gasteiger charge is -2.29. The molecule has 0 aromatic heterocycles. The fourth-order valence-electron chi connectivity index (χ4n) is 2.54. The molecule has 2 unspecified atom stereocenters. The van der Waals surface area contributed by atoms with E-state index in [0.717, 1.165) is 17.2 Å². The highest BCUT2D eigenvalue weighted by atomic mass is 16.6. The quantitative estimate of drug-likeness (QED) is 0.600. The standard InChI is InChI=1S/C17H23N2O3/c1-13-10-14(2)19(4,18-13)11-17(22-15(3)20)12-21-16-8-6-5-7-9-16/h5-10,17H,11-12H2,1-4H3/q+1. The first kappa shape index (κ1) is 16.2. The van der Waals surface area contributed by atoms with E-state index < -0.39 is 0 Å². The van der Waals surface area contributed by atoms with Crippen LogP contribution in [0.4, 0.5) is 0 Å². The van der Waals surface area contributed by atoms with Gasteiger partial charge in [0.05, 0.1) is 12.8 Å². The van der Waals surface area contributed by atoms with Crippen LogP contribution in [-0.2, 0) is 9.53 Å². The lowest BCUT2D eigenvalue weighted by atomic mass is 10.3. The number of allylic oxidation sites excluding steroid dienone is 2. The van der Waals surface area contributed by atoms with Gasteiger partial charge < -0.3 is 9.47 Å². The first-order valence-corrected chi connectivity index (χ1v) is 7.35. The number of rotatable bonds is 6. The van der Waals surface area contributed by atoms with Crippen molar-refractivity contribution in [3.8, 4) is 5.75 Å². The molecule has 1 heterocycles. The molecule has 1 aromatic rings. The zero-order valence-electron chi connectivity index (χ0n) is 13.6. The van der Waals surface area contributed by atoms with Crippen LogP contribution in [-0.4, -0.2) is 42.6 Å². The lowest BCUT2D eigenvalue weighted by Crippen LogP contribution is -2.45. The van der Waals surface area contributed by atoms with Crippen molar-refractivity contribution in [2.45, 2.75) is 26.9 Å². The predicted molar refractivity (Wildman–Crippen MR) is 85.4 cm³/mol. The number of nitrogens with zero attached hydrogens (tertiary/aromatic N) is 2. The van der Waals surface area contributed by atoms with Crippen molar-refractivity contribution in [2.24, 2.45) is 5.10 Å². The maximum Gasteiger partial charge on any atom is 0.303 e. The molecule has 22 heavy (non-hydrogen) atoms. The van der Waals surface area contributed by atoms with Gasteiger partial charge in [-0.2, -0.15) is 4.59 Å². The van der Waals surface area contributed by atoms with Gasteiger partial charge >= 0.3 is 5.97 Å². The summed E-state index contributed by atoms with van der Waals surface area (Å²) in [6, 6.07) is 9.50. The van der Waals surface area contributed by atoms with Gasteiger partial charge in [-0.1, -0.05) is 23.3 Å². The minimum Gasteiger partial charge on any atom is -0.489 e. The zero-order valence-corrected chi connectivity index (χ0v) is 13.6. The number of benzene rings is 1. The molecule has 5 heteroatoms. The van der Waals surface area contributed by atoms with Crippen LogP contribution in [0.2, 0.25) is 0 Å². The summed E-state index contributed by atoms with van der Waals surface area (Å²) in [6.45, 7) is 6.26. The van der Waals surface area contributed by atoms with Gasteiger partial charge in [0, 0.05) is 19.9 Å². The molecular weight excluding hydrogens is 280 g/mol. The number of likely N-dealkylation sites (N-methyl/N-ethyl adjacent to an activating group) is 1. The average Bonchev–Trinajstić information content (AvgIpc) is 2.69. The summed E-state index contributed by atoms with van der Waals surface area (Å²) in [7, 11) is 2.00. The number of hydrogen-bond donors (Lipinski definition) is 0. The van der Waals surface area contributed by atoms with Gasteiger partial charge in [0.1, 0.15) is 24.6 Å². The molecule has 0 saturated heterocycles. The second-order valence-electron chi connectivity index (χ2n) is 5.70. The van der Waals surface area contributed by atoms with Crippen molar-refractivity contribution in [1.29, 1.82) is 0 Å². The van der Waals surface area contributed by atoms with Gasteiger partial charge in [-0.05, 0) is 19.1 Å². The van der Waals surface area contributed by atoms with Crippen molar-refractivity contribution in [1.82, 2.24) is 0 Å². The Balaban J connectivity index is 2.04. The van der Waals surface area contributed by atoms with Crippen LogP contribution in [0.3, 0.4) is 0 Å². The van der Waals surface area contributed by atoms with Crippen molar-refractivity contribution in [2.75, 3.05) is 20.2 Å². The SMILES string of the molecule is CC(=O)OC(COc1ccccc1)C[N+]1(C)N=C(C)C=C1C. The molecule has 2 atom stereocenters. The second-order valence-corrected chi connectivity index (χ2v) is 5.70. The molecule has 0 aliphatic carbocycles. The van der Waals surface area contributed by atoms with Gasteiger partial charge in [-0.25, -0.2) is 0 Å². The molecule has 0 amide bonds. The van der Waals surface area contributed by atoms with Gasteiger partial charge in [-0.3, -0.25) is 4.79 Å². The fraction of sp³-hybridized carbons (Fsp3) is 0.412. The second kappa shape index (κ2) is 6.75. The number of para-hydroxylation sites is 1. The van der Waals surface area contributed by atoms with E-state index >= 15 is 0 Å². The third kappa shape index (κ3) is 4.18. The van der Waals surface area contributed by atoms with Crippen LogP contribution in [0.15, 0.2) is 47.2 Å². The lowest BCUT2D eigenvalue weighted by molar-refractivity contribution is -0.879. The average molecular weight is 303 g/mol. The van der Waals surface area contributed by atoms with Crippen LogP contribution in [0.5, 0.6) is 5.75 Å². The molecule has 0 radical (unpaired) electrons. The number of hydrogen-bond acceptors (Lipinski definition) is 4. The first-order valence-electron chi connectivity index (χ1n) is 7.35. The maximum atomic E-state index is 11.4. The number of ether oxygens (including phenoxy) is 2. The molecule has 118 valence electrons. The van der Waals surface area contributed by atoms with Crippen molar-refractivity contribution in [3.63, 3.8) is 0 Å². The molecule has 0 N–H and O–H groups in total. The number of quaternary nitrogens is 1. The molecule has 0 saturated carbocycles. The highest BCUT2D eigenvalue weighted by Gasteiger charge is 2.35. The highest BCUT2D eigenvalue weighted by molar-refractivity contribution is 5.93. The minimum absolute atomic E-state index is 0.305. The Bertz CT molecular complexity index is 595. The van der Waals surface area contributed by atoms with Crippen molar-refractivity contribution in [3.05, 3.63) is 42.1 Å². The molecule has 1 aliphatic heterocycles. The molecule has 1 aromatic carbocycles. The van der Waals surface area contributed by atoms with Crippen LogP contribution in [0.1, 0.15) is 20.8 Å². The van der Waals surface area contributed by atoms with E-state index in [-0.39, 0.29) is 12.1 Å². The van der Waals surface area contributed by atoms with E-state index in [4.69, 9.17) is 9.47 Å². The number of esters is 1. The molecule has 1 aliphatic rings. The first-order chi connectivity index (χ1) is 10.4. The Kier molecular flexibility index (Phi) is 4.98. The number of carbonyl (C=O) groups excluding carboxylic acids is 1. The van der Waals surface area contributed by atoms with Crippen LogP contribution in [0, 0.1) is 0 Å². The van der Waals surface area contributed by atoms with Gasteiger partial charge in [0.2, 0.25) is 0 Å². The normalized spacial score (nSPS) is 21.8. The third-order valence-electron chi connectivity index (χ3n) is 3.63. The molecule has 0 bridgehead atoms. The summed E-state index contributed by atoms with van der Waals surface area (Å²) in [5, 5.41) is 4.62. The molecular formula is C17H23N2O3+. The van der Waals surface area contributed by atoms with Crippen molar-refractivity contribution >= 4 is 11.7 Å². The molecule has 0 fully saturated rings. The van der Waals surface area contributed by atoms with E-state index in [1.54, 1.807) is 0 Å². The van der Waals surface area contributed by atoms with Crippen LogP contribution < -0.4 is 4.74 Å². The largest absolute Gasteiger partial charge is 0.489 e. The topological polar surface area (TPSA) is 47.9 Å². The van der Waals surface area contributed by atoms with E-state index in [1.807, 2.05) is 57.3 Å². The van der Waals surface area contributed by atoms with E-state index in [2.05, 4.69) is 5.10 Å². The van der Waals surface area contributed by atoms with E-state index in [0.29, 0.717) is 17.7 Å². The Morgan fingerprint density at radius 3 is 2.50 bits per heavy atom. The highest BCUT2D eigenvalue weighted by Crippen LogP contribution is 2.23. The monoisotopic (exact) mass is 303 g/mol. The summed E-state index contributed by atoms with van der Waals surface area (Å²) >= 11 is 0. The Morgan fingerprint density at radius 1 is 1.27 bits per heavy atom. The third-order valence-corrected chi connectivity index (χ3v) is 3.63. The fourth-order valence-corrected chi connectivity index (χ4v) is 2.54. The van der Waals surface area contributed by atoms with Crippen LogP contribution in [0.25, 0.3) is 0 Å². The smallest absolute Gasteiger partial charge is 0.303 e. The summed E-state index contributed by atoms with van der Waals surface area (Å²) in [6.07, 6.45) is 1.68. The van der Waals surface area contributed by atoms with Crippen LogP contribution >= 0.6 is 0 Å². The Labute approximate surface area is 131 Å². The predicted octanol–water partition coefficient (Wildman–Crippen LogP) is 2.74. The molecule has 2 rings (SSSR count). The summed E-state index contributed by atoms with van der Waals surface area (Å²) in [5.74, 6) is 0.450.